The molecule has 2 aromatic rings. The standard InChI is InChI=1S/C17H23N7O2/c25-17(13-5-7-18-19-13)23-8-6-11(9-23)10-26-15-4-3-14-20-21-16(12-1-2-12)24(14)22-15/h3-4,11-13,18-19H,1-2,5-10H2. The van der Waals surface area contributed by atoms with Gasteiger partial charge in [0.1, 0.15) is 6.04 Å². The summed E-state index contributed by atoms with van der Waals surface area (Å²) in [4.78, 5) is 14.4. The molecule has 0 spiro atoms. The van der Waals surface area contributed by atoms with Gasteiger partial charge in [0, 0.05) is 37.5 Å². The van der Waals surface area contributed by atoms with Crippen LogP contribution in [-0.2, 0) is 4.79 Å². The van der Waals surface area contributed by atoms with Crippen LogP contribution in [0.5, 0.6) is 5.88 Å². The number of rotatable bonds is 5. The number of fused-ring (bicyclic) bond motifs is 1. The number of likely N-dealkylation sites (tertiary alicyclic amines) is 1. The van der Waals surface area contributed by atoms with Crippen LogP contribution in [0.3, 0.4) is 0 Å². The zero-order valence-corrected chi connectivity index (χ0v) is 14.6. The highest BCUT2D eigenvalue weighted by Gasteiger charge is 2.33. The van der Waals surface area contributed by atoms with E-state index in [1.54, 1.807) is 4.52 Å². The Labute approximate surface area is 151 Å². The first kappa shape index (κ1) is 16.0. The predicted molar refractivity (Wildman–Crippen MR) is 92.5 cm³/mol. The topological polar surface area (TPSA) is 96.7 Å². The predicted octanol–water partition coefficient (Wildman–Crippen LogP) is 0.0955. The van der Waals surface area contributed by atoms with Crippen LogP contribution in [0.25, 0.3) is 5.65 Å². The SMILES string of the molecule is O=C(C1CCNN1)N1CCC(COc2ccc3nnc(C4CC4)n3n2)C1. The molecule has 0 aromatic carbocycles. The number of nitrogens with zero attached hydrogens (tertiary/aromatic N) is 5. The highest BCUT2D eigenvalue weighted by molar-refractivity contribution is 5.82. The van der Waals surface area contributed by atoms with Crippen LogP contribution in [0.4, 0.5) is 0 Å². The van der Waals surface area contributed by atoms with Gasteiger partial charge < -0.3 is 9.64 Å². The molecule has 2 atom stereocenters. The molecule has 5 rings (SSSR count). The molecule has 26 heavy (non-hydrogen) atoms. The summed E-state index contributed by atoms with van der Waals surface area (Å²) in [5.41, 5.74) is 6.82. The van der Waals surface area contributed by atoms with Crippen LogP contribution in [-0.4, -0.2) is 62.9 Å². The van der Waals surface area contributed by atoms with E-state index >= 15 is 0 Å². The molecular formula is C17H23N7O2. The number of nitrogens with one attached hydrogen (secondary N) is 2. The number of ether oxygens (including phenoxy) is 1. The summed E-state index contributed by atoms with van der Waals surface area (Å²) in [7, 11) is 0. The van der Waals surface area contributed by atoms with Crippen LogP contribution in [0, 0.1) is 5.92 Å². The Morgan fingerprint density at radius 2 is 2.15 bits per heavy atom. The zero-order chi connectivity index (χ0) is 17.5. The van der Waals surface area contributed by atoms with E-state index in [0.29, 0.717) is 24.3 Å². The molecule has 2 aromatic heterocycles. The van der Waals surface area contributed by atoms with Crippen molar-refractivity contribution in [1.29, 1.82) is 0 Å². The van der Waals surface area contributed by atoms with E-state index in [1.165, 1.54) is 0 Å². The molecule has 3 fully saturated rings. The minimum absolute atomic E-state index is 0.0895. The van der Waals surface area contributed by atoms with Gasteiger partial charge in [-0.1, -0.05) is 0 Å². The second kappa shape index (κ2) is 6.48. The quantitative estimate of drug-likeness (QED) is 0.783. The van der Waals surface area contributed by atoms with E-state index in [9.17, 15) is 4.79 Å². The molecule has 2 N–H and O–H groups in total. The van der Waals surface area contributed by atoms with Crippen molar-refractivity contribution >= 4 is 11.6 Å². The molecule has 138 valence electrons. The van der Waals surface area contributed by atoms with Gasteiger partial charge in [0.05, 0.1) is 6.61 Å². The summed E-state index contributed by atoms with van der Waals surface area (Å²) in [5.74, 6) is 2.54. The first-order chi connectivity index (χ1) is 12.8. The first-order valence-electron chi connectivity index (χ1n) is 9.40. The van der Waals surface area contributed by atoms with Crippen molar-refractivity contribution in [2.45, 2.75) is 37.6 Å². The van der Waals surface area contributed by atoms with Crippen molar-refractivity contribution in [2.24, 2.45) is 5.92 Å². The molecule has 0 bridgehead atoms. The molecule has 9 heteroatoms. The number of aromatic nitrogens is 4. The van der Waals surface area contributed by atoms with Gasteiger partial charge in [-0.25, -0.2) is 5.43 Å². The van der Waals surface area contributed by atoms with Gasteiger partial charge in [0.25, 0.3) is 0 Å². The van der Waals surface area contributed by atoms with Crippen molar-refractivity contribution in [3.8, 4) is 5.88 Å². The summed E-state index contributed by atoms with van der Waals surface area (Å²) in [5, 5.41) is 13.0. The fourth-order valence-corrected chi connectivity index (χ4v) is 3.72. The maximum Gasteiger partial charge on any atom is 0.241 e. The van der Waals surface area contributed by atoms with Crippen molar-refractivity contribution < 1.29 is 9.53 Å². The van der Waals surface area contributed by atoms with Crippen molar-refractivity contribution in [3.05, 3.63) is 18.0 Å². The smallest absolute Gasteiger partial charge is 0.241 e. The minimum atomic E-state index is -0.0895. The van der Waals surface area contributed by atoms with Gasteiger partial charge in [-0.2, -0.15) is 4.52 Å². The highest BCUT2D eigenvalue weighted by atomic mass is 16.5. The van der Waals surface area contributed by atoms with E-state index in [-0.39, 0.29) is 11.9 Å². The number of hydrogen-bond acceptors (Lipinski definition) is 7. The lowest BCUT2D eigenvalue weighted by atomic mass is 10.1. The largest absolute Gasteiger partial charge is 0.476 e. The normalized spacial score (nSPS) is 25.9. The lowest BCUT2D eigenvalue weighted by molar-refractivity contribution is -0.132. The van der Waals surface area contributed by atoms with E-state index in [4.69, 9.17) is 4.74 Å². The molecule has 1 amide bonds. The highest BCUT2D eigenvalue weighted by Crippen LogP contribution is 2.38. The molecule has 2 unspecified atom stereocenters. The van der Waals surface area contributed by atoms with Crippen LogP contribution in [0.1, 0.15) is 37.4 Å². The Kier molecular flexibility index (Phi) is 3.97. The van der Waals surface area contributed by atoms with Gasteiger partial charge in [0.15, 0.2) is 11.5 Å². The van der Waals surface area contributed by atoms with Crippen LogP contribution in [0.15, 0.2) is 12.1 Å². The van der Waals surface area contributed by atoms with E-state index in [1.807, 2.05) is 17.0 Å². The number of hydrogen-bond donors (Lipinski definition) is 2. The number of hydrazine groups is 1. The molecular weight excluding hydrogens is 334 g/mol. The van der Waals surface area contributed by atoms with Crippen molar-refractivity contribution in [2.75, 3.05) is 26.2 Å². The lowest BCUT2D eigenvalue weighted by Crippen LogP contribution is -2.44. The minimum Gasteiger partial charge on any atom is -0.476 e. The summed E-state index contributed by atoms with van der Waals surface area (Å²) < 4.78 is 7.72. The van der Waals surface area contributed by atoms with E-state index in [2.05, 4.69) is 26.1 Å². The third-order valence-corrected chi connectivity index (χ3v) is 5.40. The molecule has 2 aliphatic heterocycles. The third kappa shape index (κ3) is 3.01. The summed E-state index contributed by atoms with van der Waals surface area (Å²) >= 11 is 0. The summed E-state index contributed by atoms with van der Waals surface area (Å²) in [6.45, 7) is 2.96. The Hall–Kier alpha value is -2.26. The third-order valence-electron chi connectivity index (χ3n) is 5.40. The van der Waals surface area contributed by atoms with Crippen LogP contribution < -0.4 is 15.6 Å². The Bertz CT molecular complexity index is 813. The maximum absolute atomic E-state index is 12.4. The van der Waals surface area contributed by atoms with Crippen molar-refractivity contribution in [1.82, 2.24) is 35.6 Å². The molecule has 2 saturated heterocycles. The monoisotopic (exact) mass is 357 g/mol. The van der Waals surface area contributed by atoms with Gasteiger partial charge in [0.2, 0.25) is 11.8 Å². The Balaban J connectivity index is 1.19. The lowest BCUT2D eigenvalue weighted by Gasteiger charge is -2.20. The average Bonchev–Trinajstić information content (AvgIpc) is 3.10. The second-order valence-electron chi connectivity index (χ2n) is 7.44. The van der Waals surface area contributed by atoms with Gasteiger partial charge in [-0.15, -0.1) is 15.3 Å². The first-order valence-corrected chi connectivity index (χ1v) is 9.40. The fourth-order valence-electron chi connectivity index (χ4n) is 3.72. The maximum atomic E-state index is 12.4. The summed E-state index contributed by atoms with van der Waals surface area (Å²) in [6, 6.07) is 3.64. The molecule has 1 aliphatic carbocycles. The Morgan fingerprint density at radius 3 is 2.96 bits per heavy atom. The molecule has 1 saturated carbocycles. The zero-order valence-electron chi connectivity index (χ0n) is 14.6. The fraction of sp³-hybridized carbons (Fsp3) is 0.647. The molecule has 3 aliphatic rings. The van der Waals surface area contributed by atoms with E-state index in [0.717, 1.165) is 56.8 Å². The van der Waals surface area contributed by atoms with Gasteiger partial charge in [-0.05, 0) is 31.7 Å². The van der Waals surface area contributed by atoms with Gasteiger partial charge >= 0.3 is 0 Å². The van der Waals surface area contributed by atoms with Crippen LogP contribution in [0.2, 0.25) is 0 Å². The van der Waals surface area contributed by atoms with Crippen molar-refractivity contribution in [3.63, 3.8) is 0 Å². The second-order valence-corrected chi connectivity index (χ2v) is 7.44. The number of carbonyl (C=O) groups excluding carboxylic acids is 1. The molecule has 0 radical (unpaired) electrons. The number of amides is 1. The number of carbonyl (C=O) groups is 1. The van der Waals surface area contributed by atoms with Gasteiger partial charge in [-0.3, -0.25) is 10.2 Å². The molecule has 4 heterocycles. The average molecular weight is 357 g/mol. The summed E-state index contributed by atoms with van der Waals surface area (Å²) in [6.07, 6.45) is 4.13. The Morgan fingerprint density at radius 1 is 1.23 bits per heavy atom. The van der Waals surface area contributed by atoms with E-state index < -0.39 is 0 Å². The molecule has 9 nitrogen and oxygen atoms in total. The van der Waals surface area contributed by atoms with Crippen LogP contribution >= 0.6 is 0 Å².